The fraction of sp³-hybridized carbons (Fsp3) is 0.143. The highest BCUT2D eigenvalue weighted by Crippen LogP contribution is 2.26. The Morgan fingerprint density at radius 1 is 1.40 bits per heavy atom. The van der Waals surface area contributed by atoms with Gasteiger partial charge in [0, 0.05) is 4.47 Å². The van der Waals surface area contributed by atoms with Crippen LogP contribution in [-0.2, 0) is 0 Å². The highest BCUT2D eigenvalue weighted by molar-refractivity contribution is 9.10. The molecule has 0 unspecified atom stereocenters. The van der Waals surface area contributed by atoms with E-state index in [-0.39, 0.29) is 0 Å². The van der Waals surface area contributed by atoms with Gasteiger partial charge in [-0.1, -0.05) is 58.9 Å². The van der Waals surface area contributed by atoms with Gasteiger partial charge in [0.15, 0.2) is 0 Å². The van der Waals surface area contributed by atoms with E-state index >= 15 is 0 Å². The average Bonchev–Trinajstić information content (AvgIpc) is 2.22. The molecule has 0 radical (unpaired) electrons. The molecule has 0 fully saturated rings. The van der Waals surface area contributed by atoms with Crippen LogP contribution in [0.4, 0.5) is 0 Å². The van der Waals surface area contributed by atoms with E-state index in [9.17, 15) is 0 Å². The number of rotatable bonds is 3. The molecule has 0 nitrogen and oxygen atoms in total. The Labute approximate surface area is 100 Å². The summed E-state index contributed by atoms with van der Waals surface area (Å²) in [5.74, 6) is 0. The fourth-order valence-electron chi connectivity index (χ4n) is 1.46. The van der Waals surface area contributed by atoms with Crippen molar-refractivity contribution in [2.24, 2.45) is 0 Å². The van der Waals surface area contributed by atoms with Crippen LogP contribution in [0, 0.1) is 6.92 Å². The maximum absolute atomic E-state index is 3.74. The van der Waals surface area contributed by atoms with E-state index in [1.165, 1.54) is 16.7 Å². The van der Waals surface area contributed by atoms with Gasteiger partial charge in [-0.05, 0) is 36.6 Å². The van der Waals surface area contributed by atoms with E-state index in [1.54, 1.807) is 0 Å². The molecule has 0 amide bonds. The van der Waals surface area contributed by atoms with Crippen LogP contribution in [0.1, 0.15) is 18.1 Å². The molecule has 0 aliphatic heterocycles. The van der Waals surface area contributed by atoms with Crippen LogP contribution >= 0.6 is 15.9 Å². The second-order valence-electron chi connectivity index (χ2n) is 3.27. The minimum atomic E-state index is 1.14. The van der Waals surface area contributed by atoms with E-state index in [0.717, 1.165) is 4.47 Å². The van der Waals surface area contributed by atoms with E-state index < -0.39 is 0 Å². The van der Waals surface area contributed by atoms with Gasteiger partial charge >= 0.3 is 0 Å². The minimum Gasteiger partial charge on any atom is -0.0990 e. The third-order valence-electron chi connectivity index (χ3n) is 2.22. The average molecular weight is 263 g/mol. The van der Waals surface area contributed by atoms with Gasteiger partial charge < -0.3 is 0 Å². The summed E-state index contributed by atoms with van der Waals surface area (Å²) in [7, 11) is 0. The first kappa shape index (κ1) is 12.0. The zero-order chi connectivity index (χ0) is 11.3. The van der Waals surface area contributed by atoms with Crippen molar-refractivity contribution in [3.63, 3.8) is 0 Å². The highest BCUT2D eigenvalue weighted by atomic mass is 79.9. The van der Waals surface area contributed by atoms with E-state index in [2.05, 4.69) is 47.6 Å². The molecule has 78 valence electrons. The van der Waals surface area contributed by atoms with Crippen molar-refractivity contribution in [1.82, 2.24) is 0 Å². The predicted octanol–water partition coefficient (Wildman–Crippen LogP) is 4.90. The van der Waals surface area contributed by atoms with Crippen LogP contribution in [0.3, 0.4) is 0 Å². The molecular formula is C14H15Br. The molecule has 0 aliphatic carbocycles. The molecule has 0 saturated carbocycles. The summed E-state index contributed by atoms with van der Waals surface area (Å²) in [6.07, 6.45) is 7.97. The van der Waals surface area contributed by atoms with Gasteiger partial charge in [-0.2, -0.15) is 0 Å². The first-order valence-electron chi connectivity index (χ1n) is 4.91. The zero-order valence-electron chi connectivity index (χ0n) is 9.13. The first-order valence-corrected chi connectivity index (χ1v) is 5.71. The lowest BCUT2D eigenvalue weighted by Gasteiger charge is -2.08. The van der Waals surface area contributed by atoms with Crippen molar-refractivity contribution < 1.29 is 0 Å². The van der Waals surface area contributed by atoms with Crippen molar-refractivity contribution in [2.75, 3.05) is 0 Å². The zero-order valence-corrected chi connectivity index (χ0v) is 10.7. The Kier molecular flexibility index (Phi) is 4.57. The van der Waals surface area contributed by atoms with Gasteiger partial charge in [0.25, 0.3) is 0 Å². The third kappa shape index (κ3) is 2.93. The van der Waals surface area contributed by atoms with E-state index in [4.69, 9.17) is 0 Å². The summed E-state index contributed by atoms with van der Waals surface area (Å²) in [6.45, 7) is 7.87. The van der Waals surface area contributed by atoms with Crippen LogP contribution in [-0.4, -0.2) is 0 Å². The van der Waals surface area contributed by atoms with Crippen LogP contribution in [0.15, 0.2) is 53.6 Å². The molecule has 15 heavy (non-hydrogen) atoms. The Hall–Kier alpha value is -1.08. The van der Waals surface area contributed by atoms with Gasteiger partial charge in [0.1, 0.15) is 0 Å². The molecule has 1 rings (SSSR count). The second kappa shape index (κ2) is 5.72. The summed E-state index contributed by atoms with van der Waals surface area (Å²) in [4.78, 5) is 0. The van der Waals surface area contributed by atoms with E-state index in [1.807, 2.05) is 31.2 Å². The number of halogens is 1. The standard InChI is InChI=1S/C14H15Br/c1-4-7-12(8-5-2)13-9-6-10-14(15)11(13)3/h4-10H,1H2,2-3H3/b8-5-,12-7+. The van der Waals surface area contributed by atoms with Gasteiger partial charge in [-0.15, -0.1) is 0 Å². The molecule has 1 aromatic carbocycles. The van der Waals surface area contributed by atoms with Crippen molar-refractivity contribution in [3.8, 4) is 0 Å². The van der Waals surface area contributed by atoms with Crippen LogP contribution < -0.4 is 0 Å². The molecule has 1 heteroatoms. The lowest BCUT2D eigenvalue weighted by molar-refractivity contribution is 1.39. The molecule has 0 spiro atoms. The molecule has 0 N–H and O–H groups in total. The minimum absolute atomic E-state index is 1.14. The smallest absolute Gasteiger partial charge is 0.0210 e. The second-order valence-corrected chi connectivity index (χ2v) is 4.12. The molecule has 0 aliphatic rings. The fourth-order valence-corrected chi connectivity index (χ4v) is 1.83. The first-order chi connectivity index (χ1) is 7.20. The maximum Gasteiger partial charge on any atom is 0.0210 e. The predicted molar refractivity (Wildman–Crippen MR) is 71.9 cm³/mol. The van der Waals surface area contributed by atoms with E-state index in [0.29, 0.717) is 0 Å². The summed E-state index contributed by atoms with van der Waals surface area (Å²) >= 11 is 3.54. The molecule has 0 heterocycles. The Bertz CT molecular complexity index is 411. The molecule has 0 saturated heterocycles. The van der Waals surface area contributed by atoms with Gasteiger partial charge in [-0.25, -0.2) is 0 Å². The normalized spacial score (nSPS) is 12.1. The maximum atomic E-state index is 3.74. The van der Waals surface area contributed by atoms with Gasteiger partial charge in [0.05, 0.1) is 0 Å². The number of benzene rings is 1. The van der Waals surface area contributed by atoms with Crippen LogP contribution in [0.2, 0.25) is 0 Å². The number of hydrogen-bond acceptors (Lipinski definition) is 0. The van der Waals surface area contributed by atoms with Gasteiger partial charge in [0.2, 0.25) is 0 Å². The quantitative estimate of drug-likeness (QED) is 0.680. The Balaban J connectivity index is 3.29. The van der Waals surface area contributed by atoms with Crippen molar-refractivity contribution in [2.45, 2.75) is 13.8 Å². The number of allylic oxidation sites excluding steroid dienone is 5. The monoisotopic (exact) mass is 262 g/mol. The Morgan fingerprint density at radius 2 is 2.13 bits per heavy atom. The number of hydrogen-bond donors (Lipinski definition) is 0. The van der Waals surface area contributed by atoms with Crippen molar-refractivity contribution in [3.05, 3.63) is 64.7 Å². The van der Waals surface area contributed by atoms with Crippen LogP contribution in [0.5, 0.6) is 0 Å². The van der Waals surface area contributed by atoms with Crippen molar-refractivity contribution >= 4 is 21.5 Å². The SMILES string of the molecule is C=C/C=C(\C=C/C)c1cccc(Br)c1C. The molecule has 0 aromatic heterocycles. The van der Waals surface area contributed by atoms with Crippen molar-refractivity contribution in [1.29, 1.82) is 0 Å². The highest BCUT2D eigenvalue weighted by Gasteiger charge is 2.03. The largest absolute Gasteiger partial charge is 0.0990 e. The van der Waals surface area contributed by atoms with Crippen LogP contribution in [0.25, 0.3) is 5.57 Å². The molecular weight excluding hydrogens is 248 g/mol. The summed E-state index contributed by atoms with van der Waals surface area (Å²) in [5.41, 5.74) is 3.68. The molecule has 1 aromatic rings. The lowest BCUT2D eigenvalue weighted by Crippen LogP contribution is -1.87. The summed E-state index contributed by atoms with van der Waals surface area (Å²) in [5, 5.41) is 0. The Morgan fingerprint density at radius 3 is 2.73 bits per heavy atom. The molecule has 0 bridgehead atoms. The third-order valence-corrected chi connectivity index (χ3v) is 3.08. The molecule has 0 atom stereocenters. The summed E-state index contributed by atoms with van der Waals surface area (Å²) in [6, 6.07) is 6.22. The lowest BCUT2D eigenvalue weighted by atomic mass is 10.00. The summed E-state index contributed by atoms with van der Waals surface area (Å²) < 4.78 is 1.14. The van der Waals surface area contributed by atoms with Gasteiger partial charge in [-0.3, -0.25) is 0 Å². The topological polar surface area (TPSA) is 0 Å².